The number of fused-ring (bicyclic) bond motifs is 1. The number of pyridine rings is 1. The van der Waals surface area contributed by atoms with E-state index in [4.69, 9.17) is 9.47 Å². The predicted molar refractivity (Wildman–Crippen MR) is 72.2 cm³/mol. The summed E-state index contributed by atoms with van der Waals surface area (Å²) in [6, 6.07) is 1.90. The Morgan fingerprint density at radius 3 is 2.84 bits per heavy atom. The van der Waals surface area contributed by atoms with Crippen molar-refractivity contribution in [2.75, 3.05) is 6.61 Å². The molecule has 2 rings (SSSR count). The Morgan fingerprint density at radius 2 is 2.21 bits per heavy atom. The molecule has 2 atom stereocenters. The van der Waals surface area contributed by atoms with E-state index in [0.29, 0.717) is 12.2 Å². The fourth-order valence-electron chi connectivity index (χ4n) is 2.52. The number of esters is 1. The molecule has 0 fully saturated rings. The number of aromatic nitrogens is 1. The van der Waals surface area contributed by atoms with E-state index in [9.17, 15) is 4.79 Å². The molecular formula is C15H21NO3. The molecule has 0 saturated carbocycles. The molecule has 0 saturated heterocycles. The Balaban J connectivity index is 2.45. The van der Waals surface area contributed by atoms with Gasteiger partial charge in [-0.2, -0.15) is 0 Å². The predicted octanol–water partition coefficient (Wildman–Crippen LogP) is 2.84. The van der Waals surface area contributed by atoms with Crippen LogP contribution in [0.15, 0.2) is 6.07 Å². The van der Waals surface area contributed by atoms with Gasteiger partial charge in [-0.15, -0.1) is 0 Å². The normalized spacial score (nSPS) is 21.9. The molecule has 0 bridgehead atoms. The summed E-state index contributed by atoms with van der Waals surface area (Å²) in [5.41, 5.74) is 3.46. The summed E-state index contributed by atoms with van der Waals surface area (Å²) in [6.45, 7) is 8.23. The van der Waals surface area contributed by atoms with Crippen molar-refractivity contribution in [3.63, 3.8) is 0 Å². The monoisotopic (exact) mass is 263 g/mol. The second-order valence-electron chi connectivity index (χ2n) is 4.89. The number of carbonyl (C=O) groups excluding carboxylic acids is 1. The standard InChI is InChI=1S/C15H21NO3/c1-5-13-12(15(17)18-6-2)8-11-10(4)19-9(3)7-14(11)16-13/h8-10H,5-7H2,1-4H3. The zero-order chi connectivity index (χ0) is 14.0. The van der Waals surface area contributed by atoms with Gasteiger partial charge in [0.1, 0.15) is 0 Å². The highest BCUT2D eigenvalue weighted by atomic mass is 16.5. The number of rotatable bonds is 3. The third kappa shape index (κ3) is 2.78. The Kier molecular flexibility index (Phi) is 4.20. The smallest absolute Gasteiger partial charge is 0.339 e. The maximum Gasteiger partial charge on any atom is 0.339 e. The van der Waals surface area contributed by atoms with Crippen LogP contribution < -0.4 is 0 Å². The van der Waals surface area contributed by atoms with Gasteiger partial charge in [0.2, 0.25) is 0 Å². The van der Waals surface area contributed by atoms with Crippen molar-refractivity contribution < 1.29 is 14.3 Å². The first kappa shape index (κ1) is 14.0. The van der Waals surface area contributed by atoms with E-state index in [-0.39, 0.29) is 18.2 Å². The Morgan fingerprint density at radius 1 is 1.47 bits per heavy atom. The van der Waals surface area contributed by atoms with Gasteiger partial charge in [0.15, 0.2) is 0 Å². The van der Waals surface area contributed by atoms with Gasteiger partial charge >= 0.3 is 5.97 Å². The lowest BCUT2D eigenvalue weighted by atomic mass is 9.97. The summed E-state index contributed by atoms with van der Waals surface area (Å²) in [7, 11) is 0. The van der Waals surface area contributed by atoms with Gasteiger partial charge < -0.3 is 9.47 Å². The first-order chi connectivity index (χ1) is 9.06. The molecule has 1 aliphatic rings. The molecule has 0 aromatic carbocycles. The minimum absolute atomic E-state index is 0.0228. The van der Waals surface area contributed by atoms with Gasteiger partial charge in [-0.25, -0.2) is 4.79 Å². The van der Waals surface area contributed by atoms with Crippen LogP contribution in [-0.2, 0) is 22.3 Å². The van der Waals surface area contributed by atoms with Gasteiger partial charge in [0.05, 0.1) is 30.1 Å². The Labute approximate surface area is 114 Å². The molecule has 1 aromatic heterocycles. The zero-order valence-electron chi connectivity index (χ0n) is 12.0. The van der Waals surface area contributed by atoms with E-state index in [1.807, 2.05) is 33.8 Å². The van der Waals surface area contributed by atoms with Crippen molar-refractivity contribution in [1.82, 2.24) is 4.98 Å². The van der Waals surface area contributed by atoms with Crippen LogP contribution in [0.4, 0.5) is 0 Å². The molecular weight excluding hydrogens is 242 g/mol. The topological polar surface area (TPSA) is 48.4 Å². The summed E-state index contributed by atoms with van der Waals surface area (Å²) in [5.74, 6) is -0.291. The van der Waals surface area contributed by atoms with Gasteiger partial charge in [0.25, 0.3) is 0 Å². The van der Waals surface area contributed by atoms with Gasteiger partial charge in [-0.3, -0.25) is 4.98 Å². The largest absolute Gasteiger partial charge is 0.462 e. The minimum atomic E-state index is -0.291. The molecule has 0 radical (unpaired) electrons. The molecule has 1 aromatic rings. The molecule has 1 aliphatic heterocycles. The Hall–Kier alpha value is -1.42. The molecule has 0 amide bonds. The van der Waals surface area contributed by atoms with Crippen molar-refractivity contribution in [2.45, 2.75) is 52.7 Å². The molecule has 0 spiro atoms. The van der Waals surface area contributed by atoms with E-state index in [1.54, 1.807) is 0 Å². The third-order valence-electron chi connectivity index (χ3n) is 3.40. The molecule has 104 valence electrons. The number of hydrogen-bond donors (Lipinski definition) is 0. The molecule has 0 N–H and O–H groups in total. The SMILES string of the molecule is CCOC(=O)c1cc2c(nc1CC)CC(C)OC2C. The number of aryl methyl sites for hydroxylation is 1. The average Bonchev–Trinajstić information content (AvgIpc) is 2.37. The molecule has 2 unspecified atom stereocenters. The van der Waals surface area contributed by atoms with Crippen molar-refractivity contribution in [3.8, 4) is 0 Å². The lowest BCUT2D eigenvalue weighted by Crippen LogP contribution is -2.25. The second-order valence-corrected chi connectivity index (χ2v) is 4.89. The lowest BCUT2D eigenvalue weighted by Gasteiger charge is -2.28. The highest BCUT2D eigenvalue weighted by Gasteiger charge is 2.26. The fraction of sp³-hybridized carbons (Fsp3) is 0.600. The van der Waals surface area contributed by atoms with Gasteiger partial charge in [-0.05, 0) is 33.3 Å². The maximum atomic E-state index is 12.0. The van der Waals surface area contributed by atoms with E-state index in [0.717, 1.165) is 29.8 Å². The quantitative estimate of drug-likeness (QED) is 0.787. The Bertz CT molecular complexity index is 485. The van der Waals surface area contributed by atoms with Crippen LogP contribution in [-0.4, -0.2) is 23.7 Å². The van der Waals surface area contributed by atoms with Crippen LogP contribution >= 0.6 is 0 Å². The minimum Gasteiger partial charge on any atom is -0.462 e. The maximum absolute atomic E-state index is 12.0. The van der Waals surface area contributed by atoms with E-state index in [2.05, 4.69) is 4.98 Å². The van der Waals surface area contributed by atoms with Gasteiger partial charge in [0, 0.05) is 17.7 Å². The van der Waals surface area contributed by atoms with Crippen LogP contribution in [0.1, 0.15) is 61.1 Å². The number of nitrogens with zero attached hydrogens (tertiary/aromatic N) is 1. The highest BCUT2D eigenvalue weighted by Crippen LogP contribution is 2.30. The summed E-state index contributed by atoms with van der Waals surface area (Å²) < 4.78 is 10.9. The first-order valence-corrected chi connectivity index (χ1v) is 6.92. The van der Waals surface area contributed by atoms with Crippen LogP contribution in [0.25, 0.3) is 0 Å². The number of carbonyl (C=O) groups is 1. The first-order valence-electron chi connectivity index (χ1n) is 6.92. The molecule has 19 heavy (non-hydrogen) atoms. The molecule has 4 heteroatoms. The second kappa shape index (κ2) is 5.70. The highest BCUT2D eigenvalue weighted by molar-refractivity contribution is 5.91. The molecule has 0 aliphatic carbocycles. The van der Waals surface area contributed by atoms with Crippen molar-refractivity contribution >= 4 is 5.97 Å². The van der Waals surface area contributed by atoms with E-state index >= 15 is 0 Å². The summed E-state index contributed by atoms with van der Waals surface area (Å²) in [5, 5.41) is 0. The van der Waals surface area contributed by atoms with Crippen molar-refractivity contribution in [1.29, 1.82) is 0 Å². The number of ether oxygens (including phenoxy) is 2. The van der Waals surface area contributed by atoms with E-state index in [1.165, 1.54) is 0 Å². The summed E-state index contributed by atoms with van der Waals surface area (Å²) in [6.07, 6.45) is 1.68. The fourth-order valence-corrected chi connectivity index (χ4v) is 2.52. The average molecular weight is 263 g/mol. The number of hydrogen-bond acceptors (Lipinski definition) is 4. The van der Waals surface area contributed by atoms with Crippen LogP contribution in [0.5, 0.6) is 0 Å². The molecule has 4 nitrogen and oxygen atoms in total. The van der Waals surface area contributed by atoms with E-state index < -0.39 is 0 Å². The summed E-state index contributed by atoms with van der Waals surface area (Å²) >= 11 is 0. The van der Waals surface area contributed by atoms with Crippen LogP contribution in [0.3, 0.4) is 0 Å². The molecule has 2 heterocycles. The zero-order valence-corrected chi connectivity index (χ0v) is 12.0. The third-order valence-corrected chi connectivity index (χ3v) is 3.40. The lowest BCUT2D eigenvalue weighted by molar-refractivity contribution is -0.00608. The summed E-state index contributed by atoms with van der Waals surface area (Å²) in [4.78, 5) is 16.6. The van der Waals surface area contributed by atoms with Crippen LogP contribution in [0, 0.1) is 0 Å². The van der Waals surface area contributed by atoms with Gasteiger partial charge in [-0.1, -0.05) is 6.92 Å². The van der Waals surface area contributed by atoms with Crippen molar-refractivity contribution in [2.24, 2.45) is 0 Å². The van der Waals surface area contributed by atoms with Crippen LogP contribution in [0.2, 0.25) is 0 Å². The van der Waals surface area contributed by atoms with Crippen molar-refractivity contribution in [3.05, 3.63) is 28.6 Å².